The monoisotopic (exact) mass is 363 g/mol. The van der Waals surface area contributed by atoms with Gasteiger partial charge in [0.05, 0.1) is 28.9 Å². The summed E-state index contributed by atoms with van der Waals surface area (Å²) in [5.74, 6) is -0.982. The molecule has 130 valence electrons. The molecule has 0 fully saturated rings. The second-order valence-electron chi connectivity index (χ2n) is 5.83. The summed E-state index contributed by atoms with van der Waals surface area (Å²) in [7, 11) is 0. The molecule has 6 heteroatoms. The molecule has 5 nitrogen and oxygen atoms in total. The van der Waals surface area contributed by atoms with Gasteiger partial charge in [-0.3, -0.25) is 9.98 Å². The van der Waals surface area contributed by atoms with Gasteiger partial charge in [0.25, 0.3) is 0 Å². The highest BCUT2D eigenvalue weighted by Gasteiger charge is 2.17. The zero-order valence-corrected chi connectivity index (χ0v) is 15.0. The molecule has 2 heterocycles. The molecule has 0 bridgehead atoms. The topological polar surface area (TPSA) is 86.3 Å². The third-order valence-corrected chi connectivity index (χ3v) is 4.98. The standard InChI is InChI=1S/C20H17N3O2S/c1-26-16-7-5-13(6-8-16)17-12-23-19(9-15(17)10-21)18-4-2-3-14(11-22-18)20(24)25/h3,5-9,11-12,18H,2,4H2,1H3,(H,24,25). The Hall–Kier alpha value is -2.91. The van der Waals surface area contributed by atoms with Crippen LogP contribution in [0.5, 0.6) is 0 Å². The third kappa shape index (κ3) is 3.84. The largest absolute Gasteiger partial charge is 0.478 e. The van der Waals surface area contributed by atoms with Gasteiger partial charge in [-0.15, -0.1) is 11.8 Å². The van der Waals surface area contributed by atoms with Crippen LogP contribution in [-0.4, -0.2) is 28.5 Å². The number of pyridine rings is 1. The molecule has 0 aliphatic carbocycles. The van der Waals surface area contributed by atoms with Crippen molar-refractivity contribution >= 4 is 23.9 Å². The van der Waals surface area contributed by atoms with E-state index in [0.717, 1.165) is 16.0 Å². The van der Waals surface area contributed by atoms with Crippen molar-refractivity contribution in [2.75, 3.05) is 6.26 Å². The van der Waals surface area contributed by atoms with Gasteiger partial charge in [0, 0.05) is 22.9 Å². The number of nitriles is 1. The van der Waals surface area contributed by atoms with Gasteiger partial charge < -0.3 is 5.11 Å². The van der Waals surface area contributed by atoms with Crippen LogP contribution < -0.4 is 0 Å². The summed E-state index contributed by atoms with van der Waals surface area (Å²) in [6.45, 7) is 0. The van der Waals surface area contributed by atoms with E-state index < -0.39 is 5.97 Å². The summed E-state index contributed by atoms with van der Waals surface area (Å²) in [5.41, 5.74) is 3.14. The fraction of sp³-hybridized carbons (Fsp3) is 0.200. The first kappa shape index (κ1) is 17.9. The first-order valence-electron chi connectivity index (χ1n) is 8.13. The average molecular weight is 363 g/mol. The maximum Gasteiger partial charge on any atom is 0.336 e. The van der Waals surface area contributed by atoms with Crippen LogP contribution in [-0.2, 0) is 4.79 Å². The number of carbonyl (C=O) groups is 1. The lowest BCUT2D eigenvalue weighted by Crippen LogP contribution is -2.02. The maximum absolute atomic E-state index is 11.1. The fourth-order valence-electron chi connectivity index (χ4n) is 2.81. The Labute approximate surface area is 156 Å². The van der Waals surface area contributed by atoms with Crippen LogP contribution in [0.15, 0.2) is 58.1 Å². The lowest BCUT2D eigenvalue weighted by molar-refractivity contribution is -0.132. The molecule has 2 aromatic rings. The number of benzene rings is 1. The van der Waals surface area contributed by atoms with E-state index in [-0.39, 0.29) is 11.6 Å². The zero-order chi connectivity index (χ0) is 18.5. The number of thioether (sulfide) groups is 1. The predicted octanol–water partition coefficient (Wildman–Crippen LogP) is 4.26. The highest BCUT2D eigenvalue weighted by molar-refractivity contribution is 7.98. The molecule has 1 aliphatic heterocycles. The van der Waals surface area contributed by atoms with Crippen molar-refractivity contribution in [3.05, 3.63) is 59.4 Å². The number of rotatable bonds is 4. The molecule has 1 aromatic carbocycles. The quantitative estimate of drug-likeness (QED) is 0.820. The maximum atomic E-state index is 11.1. The zero-order valence-electron chi connectivity index (χ0n) is 14.2. The van der Waals surface area contributed by atoms with Crippen LogP contribution in [0.1, 0.15) is 30.1 Å². The van der Waals surface area contributed by atoms with Gasteiger partial charge in [-0.2, -0.15) is 5.26 Å². The van der Waals surface area contributed by atoms with Gasteiger partial charge in [0.15, 0.2) is 0 Å². The van der Waals surface area contributed by atoms with Gasteiger partial charge in [-0.05, 0) is 42.9 Å². The molecular weight excluding hydrogens is 346 g/mol. The van der Waals surface area contributed by atoms with Crippen LogP contribution in [0, 0.1) is 11.3 Å². The second-order valence-corrected chi connectivity index (χ2v) is 6.71. The van der Waals surface area contributed by atoms with Crippen molar-refractivity contribution in [2.45, 2.75) is 23.8 Å². The molecule has 1 atom stereocenters. The first-order chi connectivity index (χ1) is 12.6. The number of aromatic nitrogens is 1. The molecule has 0 amide bonds. The van der Waals surface area contributed by atoms with Crippen molar-refractivity contribution in [1.82, 2.24) is 4.98 Å². The summed E-state index contributed by atoms with van der Waals surface area (Å²) in [5, 5.41) is 18.6. The van der Waals surface area contributed by atoms with Crippen molar-refractivity contribution < 1.29 is 9.90 Å². The van der Waals surface area contributed by atoms with E-state index in [1.807, 2.05) is 30.5 Å². The normalized spacial score (nSPS) is 16.5. The lowest BCUT2D eigenvalue weighted by atomic mass is 9.99. The molecule has 1 aromatic heterocycles. The Kier molecular flexibility index (Phi) is 5.49. The Morgan fingerprint density at radius 1 is 1.35 bits per heavy atom. The summed E-state index contributed by atoms with van der Waals surface area (Å²) in [6.07, 6.45) is 8.03. The van der Waals surface area contributed by atoms with Gasteiger partial charge in [-0.1, -0.05) is 18.2 Å². The minimum atomic E-state index is -0.982. The van der Waals surface area contributed by atoms with Gasteiger partial charge in [0.1, 0.15) is 0 Å². The Bertz CT molecular complexity index is 927. The van der Waals surface area contributed by atoms with E-state index in [4.69, 9.17) is 5.11 Å². The Morgan fingerprint density at radius 2 is 2.12 bits per heavy atom. The smallest absolute Gasteiger partial charge is 0.336 e. The summed E-state index contributed by atoms with van der Waals surface area (Å²) >= 11 is 1.66. The number of nitrogens with zero attached hydrogens (tertiary/aromatic N) is 3. The number of aliphatic imine (C=N–C) groups is 1. The summed E-state index contributed by atoms with van der Waals surface area (Å²) in [4.78, 5) is 21.1. The third-order valence-electron chi connectivity index (χ3n) is 4.23. The van der Waals surface area contributed by atoms with Crippen LogP contribution in [0.3, 0.4) is 0 Å². The minimum Gasteiger partial charge on any atom is -0.478 e. The number of aliphatic carboxylic acids is 1. The molecule has 1 N–H and O–H groups in total. The van der Waals surface area contributed by atoms with Crippen molar-refractivity contribution in [1.29, 1.82) is 5.26 Å². The van der Waals surface area contributed by atoms with Gasteiger partial charge >= 0.3 is 5.97 Å². The first-order valence-corrected chi connectivity index (χ1v) is 9.36. The number of allylic oxidation sites excluding steroid dienone is 1. The molecule has 3 rings (SSSR count). The van der Waals surface area contributed by atoms with Crippen LogP contribution in [0.2, 0.25) is 0 Å². The average Bonchev–Trinajstić information content (AvgIpc) is 2.94. The Balaban J connectivity index is 1.91. The SMILES string of the molecule is CSc1ccc(-c2cnc(C3CCC=C(C(=O)O)C=N3)cc2C#N)cc1. The molecule has 0 radical (unpaired) electrons. The van der Waals surface area contributed by atoms with E-state index >= 15 is 0 Å². The van der Waals surface area contributed by atoms with Crippen molar-refractivity contribution in [3.63, 3.8) is 0 Å². The molecule has 26 heavy (non-hydrogen) atoms. The van der Waals surface area contributed by atoms with Gasteiger partial charge in [-0.25, -0.2) is 4.79 Å². The molecule has 0 saturated carbocycles. The summed E-state index contributed by atoms with van der Waals surface area (Å²) < 4.78 is 0. The van der Waals surface area contributed by atoms with Crippen LogP contribution >= 0.6 is 11.8 Å². The Morgan fingerprint density at radius 3 is 2.77 bits per heavy atom. The van der Waals surface area contributed by atoms with Crippen molar-refractivity contribution in [3.8, 4) is 17.2 Å². The van der Waals surface area contributed by atoms with Gasteiger partial charge in [0.2, 0.25) is 0 Å². The highest BCUT2D eigenvalue weighted by atomic mass is 32.2. The fourth-order valence-corrected chi connectivity index (χ4v) is 3.22. The minimum absolute atomic E-state index is 0.193. The van der Waals surface area contributed by atoms with E-state index in [0.29, 0.717) is 24.1 Å². The van der Waals surface area contributed by atoms with Crippen molar-refractivity contribution in [2.24, 2.45) is 4.99 Å². The molecule has 1 unspecified atom stereocenters. The number of hydrogen-bond acceptors (Lipinski definition) is 5. The highest BCUT2D eigenvalue weighted by Crippen LogP contribution is 2.30. The molecular formula is C20H17N3O2S. The van der Waals surface area contributed by atoms with E-state index in [9.17, 15) is 10.1 Å². The lowest BCUT2D eigenvalue weighted by Gasteiger charge is -2.12. The molecule has 1 aliphatic rings. The van der Waals surface area contributed by atoms with Crippen LogP contribution in [0.25, 0.3) is 11.1 Å². The van der Waals surface area contributed by atoms with E-state index in [2.05, 4.69) is 16.0 Å². The van der Waals surface area contributed by atoms with E-state index in [1.54, 1.807) is 30.1 Å². The second kappa shape index (κ2) is 7.98. The molecule has 0 saturated heterocycles. The number of carboxylic acid groups (broad SMARTS) is 1. The van der Waals surface area contributed by atoms with E-state index in [1.165, 1.54) is 6.21 Å². The predicted molar refractivity (Wildman–Crippen MR) is 102 cm³/mol. The van der Waals surface area contributed by atoms with Crippen LogP contribution in [0.4, 0.5) is 0 Å². The summed E-state index contributed by atoms with van der Waals surface area (Å²) in [6, 6.07) is 11.7. The number of hydrogen-bond donors (Lipinski definition) is 1. The molecule has 0 spiro atoms. The number of carboxylic acids is 1.